The standard InChI is InChI=1S/C20H19Cl2NO3S/c21-17-7-4-15(5-8-17)6-9-20(24)23(19-10-11-27(25,26)14-19)13-16-2-1-3-18(22)12-16/h1-9,12,19H,10-11,13-14H2/b9-6+/t19-/m0/s1. The van der Waals surface area contributed by atoms with E-state index >= 15 is 0 Å². The Bertz CT molecular complexity index is 955. The summed E-state index contributed by atoms with van der Waals surface area (Å²) in [7, 11) is -3.11. The largest absolute Gasteiger partial charge is 0.331 e. The van der Waals surface area contributed by atoms with E-state index in [-0.39, 0.29) is 23.5 Å². The highest BCUT2D eigenvalue weighted by Gasteiger charge is 2.34. The van der Waals surface area contributed by atoms with Crippen LogP contribution in [0.15, 0.2) is 54.6 Å². The van der Waals surface area contributed by atoms with Gasteiger partial charge in [-0.25, -0.2) is 8.42 Å². The average molecular weight is 424 g/mol. The van der Waals surface area contributed by atoms with Crippen molar-refractivity contribution in [2.45, 2.75) is 19.0 Å². The lowest BCUT2D eigenvalue weighted by molar-refractivity contribution is -0.128. The molecule has 0 aliphatic carbocycles. The first kappa shape index (κ1) is 19.9. The van der Waals surface area contributed by atoms with Gasteiger partial charge in [-0.05, 0) is 47.9 Å². The van der Waals surface area contributed by atoms with Crippen LogP contribution in [0.5, 0.6) is 0 Å². The topological polar surface area (TPSA) is 54.5 Å². The maximum Gasteiger partial charge on any atom is 0.247 e. The molecule has 0 bridgehead atoms. The van der Waals surface area contributed by atoms with Crippen molar-refractivity contribution < 1.29 is 13.2 Å². The molecule has 1 aliphatic heterocycles. The zero-order valence-corrected chi connectivity index (χ0v) is 16.8. The number of halogens is 2. The molecule has 2 aromatic rings. The van der Waals surface area contributed by atoms with E-state index in [0.717, 1.165) is 11.1 Å². The van der Waals surface area contributed by atoms with Crippen LogP contribution in [0.2, 0.25) is 10.0 Å². The Morgan fingerprint density at radius 2 is 1.85 bits per heavy atom. The smallest absolute Gasteiger partial charge is 0.247 e. The summed E-state index contributed by atoms with van der Waals surface area (Å²) in [6.45, 7) is 0.310. The SMILES string of the molecule is O=C(/C=C/c1ccc(Cl)cc1)N(Cc1cccc(Cl)c1)[C@H]1CCS(=O)(=O)C1. The lowest BCUT2D eigenvalue weighted by atomic mass is 10.1. The van der Waals surface area contributed by atoms with Crippen molar-refractivity contribution in [1.29, 1.82) is 0 Å². The first-order valence-electron chi connectivity index (χ1n) is 8.51. The first-order chi connectivity index (χ1) is 12.8. The summed E-state index contributed by atoms with van der Waals surface area (Å²) in [4.78, 5) is 14.5. The molecule has 1 fully saturated rings. The van der Waals surface area contributed by atoms with Gasteiger partial charge in [0.25, 0.3) is 0 Å². The van der Waals surface area contributed by atoms with E-state index in [0.29, 0.717) is 23.0 Å². The summed E-state index contributed by atoms with van der Waals surface area (Å²) in [6, 6.07) is 14.0. The summed E-state index contributed by atoms with van der Waals surface area (Å²) >= 11 is 11.9. The molecule has 0 unspecified atom stereocenters. The molecular weight excluding hydrogens is 405 g/mol. The number of carbonyl (C=O) groups is 1. The highest BCUT2D eigenvalue weighted by atomic mass is 35.5. The molecule has 1 amide bonds. The van der Waals surface area contributed by atoms with E-state index in [1.54, 1.807) is 35.2 Å². The van der Waals surface area contributed by atoms with Crippen molar-refractivity contribution >= 4 is 45.0 Å². The van der Waals surface area contributed by atoms with Gasteiger partial charge in [-0.2, -0.15) is 0 Å². The van der Waals surface area contributed by atoms with Gasteiger partial charge in [-0.1, -0.05) is 47.5 Å². The molecule has 1 heterocycles. The number of sulfone groups is 1. The fourth-order valence-corrected chi connectivity index (χ4v) is 5.15. The second kappa shape index (κ2) is 8.46. The van der Waals surface area contributed by atoms with Gasteiger partial charge in [-0.15, -0.1) is 0 Å². The van der Waals surface area contributed by atoms with Crippen molar-refractivity contribution in [2.24, 2.45) is 0 Å². The molecule has 0 N–H and O–H groups in total. The Morgan fingerprint density at radius 1 is 1.11 bits per heavy atom. The van der Waals surface area contributed by atoms with Gasteiger partial charge in [0, 0.05) is 28.7 Å². The fraction of sp³-hybridized carbons (Fsp3) is 0.250. The number of carbonyl (C=O) groups excluding carboxylic acids is 1. The molecule has 0 saturated carbocycles. The van der Waals surface area contributed by atoms with Crippen LogP contribution in [0.1, 0.15) is 17.5 Å². The van der Waals surface area contributed by atoms with E-state index < -0.39 is 9.84 Å². The van der Waals surface area contributed by atoms with Crippen molar-refractivity contribution in [3.05, 3.63) is 75.8 Å². The number of amides is 1. The van der Waals surface area contributed by atoms with Crippen LogP contribution in [0.3, 0.4) is 0 Å². The quantitative estimate of drug-likeness (QED) is 0.676. The average Bonchev–Trinajstić information content (AvgIpc) is 2.98. The summed E-state index contributed by atoms with van der Waals surface area (Å²) in [5, 5.41) is 1.20. The Kier molecular flexibility index (Phi) is 6.25. The maximum atomic E-state index is 12.9. The van der Waals surface area contributed by atoms with Gasteiger partial charge in [0.05, 0.1) is 11.5 Å². The van der Waals surface area contributed by atoms with Crippen LogP contribution >= 0.6 is 23.2 Å². The third kappa shape index (κ3) is 5.58. The highest BCUT2D eigenvalue weighted by molar-refractivity contribution is 7.91. The minimum Gasteiger partial charge on any atom is -0.331 e. The van der Waals surface area contributed by atoms with Crippen molar-refractivity contribution in [3.63, 3.8) is 0 Å². The molecule has 3 rings (SSSR count). The summed E-state index contributed by atoms with van der Waals surface area (Å²) < 4.78 is 23.8. The second-order valence-corrected chi connectivity index (χ2v) is 9.64. The van der Waals surface area contributed by atoms with E-state index in [1.165, 1.54) is 6.08 Å². The predicted molar refractivity (Wildman–Crippen MR) is 110 cm³/mol. The minimum atomic E-state index is -3.11. The Hall–Kier alpha value is -1.82. The second-order valence-electron chi connectivity index (χ2n) is 6.54. The first-order valence-corrected chi connectivity index (χ1v) is 11.1. The van der Waals surface area contributed by atoms with E-state index in [4.69, 9.17) is 23.2 Å². The number of hydrogen-bond donors (Lipinski definition) is 0. The third-order valence-electron chi connectivity index (χ3n) is 4.46. The monoisotopic (exact) mass is 423 g/mol. The van der Waals surface area contributed by atoms with E-state index in [2.05, 4.69) is 0 Å². The fourth-order valence-electron chi connectivity index (χ4n) is 3.08. The Morgan fingerprint density at radius 3 is 2.48 bits per heavy atom. The van der Waals surface area contributed by atoms with Crippen LogP contribution in [0, 0.1) is 0 Å². The van der Waals surface area contributed by atoms with Crippen molar-refractivity contribution in [2.75, 3.05) is 11.5 Å². The summed E-state index contributed by atoms with van der Waals surface area (Å²) in [5.41, 5.74) is 1.70. The molecule has 0 spiro atoms. The van der Waals surface area contributed by atoms with E-state index in [9.17, 15) is 13.2 Å². The third-order valence-corrected chi connectivity index (χ3v) is 6.70. The van der Waals surface area contributed by atoms with Gasteiger partial charge in [0.1, 0.15) is 0 Å². The molecule has 0 radical (unpaired) electrons. The molecule has 2 aromatic carbocycles. The zero-order chi connectivity index (χ0) is 19.4. The van der Waals surface area contributed by atoms with Crippen LogP contribution in [0.4, 0.5) is 0 Å². The number of rotatable bonds is 5. The molecule has 7 heteroatoms. The molecule has 4 nitrogen and oxygen atoms in total. The lowest BCUT2D eigenvalue weighted by Crippen LogP contribution is -2.39. The normalized spacial score (nSPS) is 18.7. The van der Waals surface area contributed by atoms with E-state index in [1.807, 2.05) is 24.3 Å². The molecule has 142 valence electrons. The Balaban J connectivity index is 1.81. The van der Waals surface area contributed by atoms with Crippen LogP contribution in [-0.2, 0) is 21.2 Å². The lowest BCUT2D eigenvalue weighted by Gasteiger charge is -2.27. The van der Waals surface area contributed by atoms with Gasteiger partial charge < -0.3 is 4.90 Å². The van der Waals surface area contributed by atoms with Crippen LogP contribution in [0.25, 0.3) is 6.08 Å². The van der Waals surface area contributed by atoms with Crippen LogP contribution < -0.4 is 0 Å². The molecule has 1 atom stereocenters. The van der Waals surface area contributed by atoms with Gasteiger partial charge in [0.2, 0.25) is 5.91 Å². The molecule has 1 saturated heterocycles. The van der Waals surface area contributed by atoms with Crippen LogP contribution in [-0.4, -0.2) is 36.8 Å². The highest BCUT2D eigenvalue weighted by Crippen LogP contribution is 2.22. The minimum absolute atomic E-state index is 0.00586. The van der Waals surface area contributed by atoms with Crippen molar-refractivity contribution in [1.82, 2.24) is 4.90 Å². The van der Waals surface area contributed by atoms with Gasteiger partial charge in [0.15, 0.2) is 9.84 Å². The summed E-state index contributed by atoms with van der Waals surface area (Å²) in [5.74, 6) is -0.126. The number of benzene rings is 2. The summed E-state index contributed by atoms with van der Waals surface area (Å²) in [6.07, 6.45) is 3.62. The molecule has 27 heavy (non-hydrogen) atoms. The van der Waals surface area contributed by atoms with Gasteiger partial charge in [-0.3, -0.25) is 4.79 Å². The number of hydrogen-bond acceptors (Lipinski definition) is 3. The Labute approximate surface area is 169 Å². The molecule has 0 aromatic heterocycles. The predicted octanol–water partition coefficient (Wildman–Crippen LogP) is 4.22. The molecular formula is C20H19Cl2NO3S. The van der Waals surface area contributed by atoms with Gasteiger partial charge >= 0.3 is 0 Å². The van der Waals surface area contributed by atoms with Crippen molar-refractivity contribution in [3.8, 4) is 0 Å². The maximum absolute atomic E-state index is 12.9. The zero-order valence-electron chi connectivity index (χ0n) is 14.5. The molecule has 1 aliphatic rings. The number of nitrogens with zero attached hydrogens (tertiary/aromatic N) is 1.